The van der Waals surface area contributed by atoms with Crippen molar-refractivity contribution in [1.82, 2.24) is 14.8 Å². The Morgan fingerprint density at radius 2 is 1.63 bits per heavy atom. The number of aryl methyl sites for hydroxylation is 1. The van der Waals surface area contributed by atoms with Gasteiger partial charge in [0.15, 0.2) is 0 Å². The molecule has 0 unspecified atom stereocenters. The molecule has 2 amide bonds. The lowest BCUT2D eigenvalue weighted by molar-refractivity contribution is -0.0503. The fourth-order valence-electron chi connectivity index (χ4n) is 3.18. The number of ether oxygens (including phenoxy) is 1. The Bertz CT molecular complexity index is 932. The number of alkyl halides is 2. The van der Waals surface area contributed by atoms with Gasteiger partial charge in [0.05, 0.1) is 16.3 Å². The molecule has 1 aromatic carbocycles. The summed E-state index contributed by atoms with van der Waals surface area (Å²) in [7, 11) is 0. The normalized spacial score (nSPS) is 14.9. The number of hydrogen-bond donors (Lipinski definition) is 0. The van der Waals surface area contributed by atoms with Gasteiger partial charge in [0.2, 0.25) is 0 Å². The van der Waals surface area contributed by atoms with E-state index in [-0.39, 0.29) is 28.5 Å². The highest BCUT2D eigenvalue weighted by atomic mass is 32.1. The number of aromatic nitrogens is 1. The molecule has 9 heteroatoms. The lowest BCUT2D eigenvalue weighted by Crippen LogP contribution is -2.50. The predicted molar refractivity (Wildman–Crippen MR) is 110 cm³/mol. The topological polar surface area (TPSA) is 62.7 Å². The number of hydrogen-bond acceptors (Lipinski definition) is 5. The van der Waals surface area contributed by atoms with Crippen molar-refractivity contribution in [2.75, 3.05) is 26.2 Å². The van der Waals surface area contributed by atoms with E-state index in [2.05, 4.69) is 30.5 Å². The molecule has 0 aliphatic carbocycles. The minimum Gasteiger partial charge on any atom is -0.434 e. The molecule has 2 aromatic rings. The van der Waals surface area contributed by atoms with E-state index < -0.39 is 6.61 Å². The van der Waals surface area contributed by atoms with Gasteiger partial charge in [-0.2, -0.15) is 8.78 Å². The number of piperazine rings is 1. The number of nitrogens with zero attached hydrogens (tertiary/aromatic N) is 3. The molecule has 0 bridgehead atoms. The Morgan fingerprint density at radius 3 is 2.17 bits per heavy atom. The van der Waals surface area contributed by atoms with E-state index in [0.717, 1.165) is 5.01 Å². The fourth-order valence-corrected chi connectivity index (χ4v) is 4.28. The number of rotatable bonds is 4. The van der Waals surface area contributed by atoms with Crippen LogP contribution in [0.1, 0.15) is 51.5 Å². The number of halogens is 2. The molecule has 0 saturated carbocycles. The Hall–Kier alpha value is -2.55. The van der Waals surface area contributed by atoms with Gasteiger partial charge in [0.25, 0.3) is 11.8 Å². The van der Waals surface area contributed by atoms with Crippen LogP contribution in [0.3, 0.4) is 0 Å². The van der Waals surface area contributed by atoms with Gasteiger partial charge in [-0.1, -0.05) is 32.9 Å². The average Bonchev–Trinajstić information content (AvgIpc) is 3.09. The number of carbonyl (C=O) groups excluding carboxylic acids is 2. The number of thiazole rings is 1. The van der Waals surface area contributed by atoms with Gasteiger partial charge in [0, 0.05) is 31.6 Å². The van der Waals surface area contributed by atoms with Crippen molar-refractivity contribution in [3.05, 3.63) is 45.4 Å². The summed E-state index contributed by atoms with van der Waals surface area (Å²) in [5, 5.41) is 0.910. The average molecular weight is 438 g/mol. The highest BCUT2D eigenvalue weighted by Gasteiger charge is 2.30. The molecular weight excluding hydrogens is 412 g/mol. The Balaban J connectivity index is 1.67. The highest BCUT2D eigenvalue weighted by Crippen LogP contribution is 2.30. The largest absolute Gasteiger partial charge is 0.434 e. The zero-order valence-corrected chi connectivity index (χ0v) is 18.3. The van der Waals surface area contributed by atoms with Gasteiger partial charge in [-0.15, -0.1) is 11.3 Å². The van der Waals surface area contributed by atoms with E-state index in [9.17, 15) is 18.4 Å². The van der Waals surface area contributed by atoms with E-state index in [1.54, 1.807) is 15.9 Å². The summed E-state index contributed by atoms with van der Waals surface area (Å²) in [4.78, 5) is 34.2. The van der Waals surface area contributed by atoms with E-state index in [4.69, 9.17) is 0 Å². The van der Waals surface area contributed by atoms with Crippen LogP contribution in [0.15, 0.2) is 24.3 Å². The van der Waals surface area contributed by atoms with Crippen LogP contribution in [0.5, 0.6) is 5.75 Å². The molecule has 1 aliphatic rings. The first-order valence-electron chi connectivity index (χ1n) is 9.68. The summed E-state index contributed by atoms with van der Waals surface area (Å²) >= 11 is 1.41. The third kappa shape index (κ3) is 4.77. The third-order valence-electron chi connectivity index (χ3n) is 4.82. The van der Waals surface area contributed by atoms with Crippen molar-refractivity contribution in [3.63, 3.8) is 0 Å². The number of carbonyl (C=O) groups is 2. The van der Waals surface area contributed by atoms with Crippen molar-refractivity contribution in [1.29, 1.82) is 0 Å². The van der Waals surface area contributed by atoms with Crippen LogP contribution in [-0.2, 0) is 5.41 Å². The second-order valence-corrected chi connectivity index (χ2v) is 9.14. The van der Waals surface area contributed by atoms with Gasteiger partial charge in [-0.3, -0.25) is 9.59 Å². The van der Waals surface area contributed by atoms with Crippen LogP contribution in [0.25, 0.3) is 0 Å². The molecule has 1 saturated heterocycles. The molecule has 1 aromatic heterocycles. The van der Waals surface area contributed by atoms with Crippen LogP contribution in [0, 0.1) is 6.92 Å². The molecule has 0 N–H and O–H groups in total. The van der Waals surface area contributed by atoms with Crippen molar-refractivity contribution < 1.29 is 23.1 Å². The fraction of sp³-hybridized carbons (Fsp3) is 0.476. The van der Waals surface area contributed by atoms with E-state index in [1.807, 2.05) is 6.92 Å². The highest BCUT2D eigenvalue weighted by molar-refractivity contribution is 7.14. The smallest absolute Gasteiger partial charge is 0.387 e. The van der Waals surface area contributed by atoms with Crippen molar-refractivity contribution in [2.24, 2.45) is 0 Å². The van der Waals surface area contributed by atoms with Crippen molar-refractivity contribution in [2.45, 2.75) is 39.7 Å². The number of amides is 2. The Kier molecular flexibility index (Phi) is 6.40. The van der Waals surface area contributed by atoms with Crippen LogP contribution in [-0.4, -0.2) is 59.4 Å². The molecule has 0 atom stereocenters. The summed E-state index contributed by atoms with van der Waals surface area (Å²) in [5.74, 6) is -0.623. The lowest BCUT2D eigenvalue weighted by Gasteiger charge is -2.34. The van der Waals surface area contributed by atoms with Gasteiger partial charge in [-0.05, 0) is 19.1 Å². The van der Waals surface area contributed by atoms with Crippen molar-refractivity contribution in [3.8, 4) is 5.75 Å². The summed E-state index contributed by atoms with van der Waals surface area (Å²) in [6.07, 6.45) is 0. The van der Waals surface area contributed by atoms with Gasteiger partial charge in [0.1, 0.15) is 10.6 Å². The quantitative estimate of drug-likeness (QED) is 0.727. The Labute approximate surface area is 178 Å². The molecule has 0 radical (unpaired) electrons. The molecule has 30 heavy (non-hydrogen) atoms. The minimum absolute atomic E-state index is 0.0886. The van der Waals surface area contributed by atoms with Crippen LogP contribution >= 0.6 is 11.3 Å². The maximum Gasteiger partial charge on any atom is 0.387 e. The summed E-state index contributed by atoms with van der Waals surface area (Å²) < 4.78 is 29.7. The maximum atomic E-state index is 13.0. The van der Waals surface area contributed by atoms with Crippen LogP contribution in [0.2, 0.25) is 0 Å². The molecule has 0 spiro atoms. The predicted octanol–water partition coefficient (Wildman–Crippen LogP) is 3.95. The zero-order valence-electron chi connectivity index (χ0n) is 17.4. The molecule has 2 heterocycles. The first-order valence-corrected chi connectivity index (χ1v) is 10.5. The van der Waals surface area contributed by atoms with Crippen LogP contribution < -0.4 is 4.74 Å². The lowest BCUT2D eigenvalue weighted by atomic mass is 9.98. The van der Waals surface area contributed by atoms with Gasteiger partial charge in [-0.25, -0.2) is 4.98 Å². The SMILES string of the molecule is Cc1nc(C(C)(C)C)sc1C(=O)N1CCN(C(=O)c2ccccc2OC(F)F)CC1. The number of benzene rings is 1. The third-order valence-corrected chi connectivity index (χ3v) is 6.39. The summed E-state index contributed by atoms with van der Waals surface area (Å²) in [6, 6.07) is 5.95. The van der Waals surface area contributed by atoms with Crippen molar-refractivity contribution >= 4 is 23.2 Å². The molecule has 1 aliphatic heterocycles. The maximum absolute atomic E-state index is 13.0. The van der Waals surface area contributed by atoms with E-state index >= 15 is 0 Å². The minimum atomic E-state index is -3.01. The molecule has 3 rings (SSSR count). The Morgan fingerprint density at radius 1 is 1.07 bits per heavy atom. The van der Waals surface area contributed by atoms with Crippen LogP contribution in [0.4, 0.5) is 8.78 Å². The second-order valence-electron chi connectivity index (χ2n) is 8.14. The summed E-state index contributed by atoms with van der Waals surface area (Å²) in [5.41, 5.74) is 0.671. The number of para-hydroxylation sites is 1. The zero-order chi connectivity index (χ0) is 22.1. The monoisotopic (exact) mass is 437 g/mol. The second kappa shape index (κ2) is 8.67. The molecular formula is C21H25F2N3O3S. The van der Waals surface area contributed by atoms with E-state index in [0.29, 0.717) is 36.8 Å². The molecule has 162 valence electrons. The summed E-state index contributed by atoms with van der Waals surface area (Å²) in [6.45, 7) is 6.36. The van der Waals surface area contributed by atoms with Gasteiger partial charge >= 0.3 is 6.61 Å². The standard InChI is InChI=1S/C21H25F2N3O3S/c1-13-16(30-19(24-13)21(2,3)4)18(28)26-11-9-25(10-12-26)17(27)14-7-5-6-8-15(14)29-20(22)23/h5-8,20H,9-12H2,1-4H3. The molecule has 6 nitrogen and oxygen atoms in total. The first-order chi connectivity index (χ1) is 14.1. The molecule has 1 fully saturated rings. The van der Waals surface area contributed by atoms with E-state index in [1.165, 1.54) is 29.5 Å². The van der Waals surface area contributed by atoms with Gasteiger partial charge < -0.3 is 14.5 Å². The first kappa shape index (κ1) is 22.1.